The summed E-state index contributed by atoms with van der Waals surface area (Å²) in [7, 11) is 0. The maximum absolute atomic E-state index is 4.02. The van der Waals surface area contributed by atoms with Crippen LogP contribution in [0.25, 0.3) is 0 Å². The third kappa shape index (κ3) is 24.2. The van der Waals surface area contributed by atoms with Gasteiger partial charge in [-0.05, 0) is 0 Å². The molecular weight excluding hydrogens is 329 g/mol. The first kappa shape index (κ1) is 19.1. The fourth-order valence-corrected chi connectivity index (χ4v) is 5.09. The molecule has 0 aromatic carbocycles. The third-order valence-electron chi connectivity index (χ3n) is 0.698. The van der Waals surface area contributed by atoms with E-state index in [4.69, 9.17) is 0 Å². The van der Waals surface area contributed by atoms with Crippen LogP contribution in [0.5, 0.6) is 0 Å². The van der Waals surface area contributed by atoms with Gasteiger partial charge in [0.15, 0.2) is 0 Å². The van der Waals surface area contributed by atoms with E-state index in [2.05, 4.69) is 50.5 Å². The standard InChI is InChI=1S/2C3H8S4/c2*4-1-6-3-7-2-5/h2*4-5H,1-3H2. The smallest absolute Gasteiger partial charge is 0.0408 e. The first-order chi connectivity index (χ1) is 6.83. The Morgan fingerprint density at radius 1 is 0.500 bits per heavy atom. The second kappa shape index (κ2) is 21.1. The lowest BCUT2D eigenvalue weighted by molar-refractivity contribution is 2.13. The van der Waals surface area contributed by atoms with E-state index in [1.54, 1.807) is 0 Å². The molecule has 0 spiro atoms. The molecule has 14 heavy (non-hydrogen) atoms. The van der Waals surface area contributed by atoms with Gasteiger partial charge in [-0.3, -0.25) is 0 Å². The Balaban J connectivity index is 0. The van der Waals surface area contributed by atoms with E-state index in [1.165, 1.54) is 0 Å². The van der Waals surface area contributed by atoms with Crippen molar-refractivity contribution >= 4 is 97.6 Å². The van der Waals surface area contributed by atoms with Gasteiger partial charge in [0.05, 0.1) is 0 Å². The Morgan fingerprint density at radius 2 is 0.714 bits per heavy atom. The molecule has 0 bridgehead atoms. The van der Waals surface area contributed by atoms with E-state index in [9.17, 15) is 0 Å². The molecule has 0 unspecified atom stereocenters. The molecule has 8 heteroatoms. The summed E-state index contributed by atoms with van der Waals surface area (Å²) >= 11 is 23.3. The van der Waals surface area contributed by atoms with Crippen LogP contribution < -0.4 is 0 Å². The van der Waals surface area contributed by atoms with Gasteiger partial charge in [-0.2, -0.15) is 50.5 Å². The molecule has 0 heterocycles. The summed E-state index contributed by atoms with van der Waals surface area (Å²) in [5, 5.41) is 5.91. The van der Waals surface area contributed by atoms with Gasteiger partial charge in [-0.1, -0.05) is 0 Å². The average Bonchev–Trinajstić information content (AvgIpc) is 2.21. The van der Waals surface area contributed by atoms with Crippen LogP contribution in [0.2, 0.25) is 0 Å². The molecule has 0 saturated carbocycles. The first-order valence-electron chi connectivity index (χ1n) is 3.57. The highest BCUT2D eigenvalue weighted by Gasteiger charge is 1.81. The second-order valence-electron chi connectivity index (χ2n) is 1.57. The van der Waals surface area contributed by atoms with E-state index >= 15 is 0 Å². The van der Waals surface area contributed by atoms with E-state index in [0.717, 1.165) is 30.5 Å². The Hall–Kier alpha value is 2.80. The highest BCUT2D eigenvalue weighted by molar-refractivity contribution is 8.22. The normalized spacial score (nSPS) is 9.43. The Kier molecular flexibility index (Phi) is 28.9. The van der Waals surface area contributed by atoms with Crippen molar-refractivity contribution in [2.24, 2.45) is 0 Å². The highest BCUT2D eigenvalue weighted by Crippen LogP contribution is 2.13. The van der Waals surface area contributed by atoms with E-state index in [0.29, 0.717) is 0 Å². The lowest BCUT2D eigenvalue weighted by atomic mass is 11.8. The van der Waals surface area contributed by atoms with Crippen LogP contribution in [-0.2, 0) is 0 Å². The molecular formula is C6H16S8. The zero-order chi connectivity index (χ0) is 11.1. The second-order valence-corrected chi connectivity index (χ2v) is 9.22. The summed E-state index contributed by atoms with van der Waals surface area (Å²) in [6, 6.07) is 0. The fraction of sp³-hybridized carbons (Fsp3) is 1.00. The lowest BCUT2D eigenvalue weighted by Gasteiger charge is -1.90. The zero-order valence-corrected chi connectivity index (χ0v) is 14.5. The van der Waals surface area contributed by atoms with Crippen LogP contribution in [0, 0.1) is 0 Å². The Morgan fingerprint density at radius 3 is 0.857 bits per heavy atom. The van der Waals surface area contributed by atoms with Crippen LogP contribution in [0.15, 0.2) is 0 Å². The average molecular weight is 345 g/mol. The SMILES string of the molecule is SCSCSCS.SCSCSCS. The predicted octanol–water partition coefficient (Wildman–Crippen LogP) is 4.37. The number of rotatable bonds is 8. The van der Waals surface area contributed by atoms with Crippen LogP contribution in [0.1, 0.15) is 0 Å². The van der Waals surface area contributed by atoms with Crippen LogP contribution in [0.3, 0.4) is 0 Å². The van der Waals surface area contributed by atoms with E-state index < -0.39 is 0 Å². The van der Waals surface area contributed by atoms with Gasteiger partial charge in [0, 0.05) is 30.5 Å². The molecule has 0 aromatic rings. The monoisotopic (exact) mass is 344 g/mol. The highest BCUT2D eigenvalue weighted by atomic mass is 32.2. The van der Waals surface area contributed by atoms with Crippen molar-refractivity contribution < 1.29 is 0 Å². The van der Waals surface area contributed by atoms with E-state index in [1.807, 2.05) is 47.0 Å². The Labute approximate surface area is 127 Å². The van der Waals surface area contributed by atoms with Crippen LogP contribution >= 0.6 is 97.6 Å². The van der Waals surface area contributed by atoms with Crippen molar-refractivity contribution in [1.82, 2.24) is 0 Å². The molecule has 0 atom stereocenters. The van der Waals surface area contributed by atoms with E-state index in [-0.39, 0.29) is 0 Å². The van der Waals surface area contributed by atoms with Crippen molar-refractivity contribution in [3.8, 4) is 0 Å². The summed E-state index contributed by atoms with van der Waals surface area (Å²) in [6.45, 7) is 0. The molecule has 0 fully saturated rings. The summed E-state index contributed by atoms with van der Waals surface area (Å²) in [6.07, 6.45) is 0. The van der Waals surface area contributed by atoms with Crippen molar-refractivity contribution in [3.63, 3.8) is 0 Å². The topological polar surface area (TPSA) is 0 Å². The van der Waals surface area contributed by atoms with Gasteiger partial charge >= 0.3 is 0 Å². The molecule has 0 aliphatic rings. The van der Waals surface area contributed by atoms with Crippen molar-refractivity contribution in [3.05, 3.63) is 0 Å². The molecule has 0 saturated heterocycles. The number of hydrogen-bond acceptors (Lipinski definition) is 8. The summed E-state index contributed by atoms with van der Waals surface area (Å²) < 4.78 is 0. The summed E-state index contributed by atoms with van der Waals surface area (Å²) in [5.41, 5.74) is 0. The van der Waals surface area contributed by atoms with Gasteiger partial charge in [-0.25, -0.2) is 0 Å². The van der Waals surface area contributed by atoms with Crippen LogP contribution in [-0.4, -0.2) is 30.5 Å². The van der Waals surface area contributed by atoms with Crippen molar-refractivity contribution in [2.75, 3.05) is 30.5 Å². The predicted molar refractivity (Wildman–Crippen MR) is 95.5 cm³/mol. The summed E-state index contributed by atoms with van der Waals surface area (Å²) in [5.74, 6) is 0. The third-order valence-corrected chi connectivity index (χ3v) is 6.29. The summed E-state index contributed by atoms with van der Waals surface area (Å²) in [4.78, 5) is 0. The van der Waals surface area contributed by atoms with Gasteiger partial charge in [-0.15, -0.1) is 47.0 Å². The molecule has 0 aliphatic heterocycles. The quantitative estimate of drug-likeness (QED) is 0.293. The maximum Gasteiger partial charge on any atom is 0.0408 e. The Bertz CT molecular complexity index is 62.2. The van der Waals surface area contributed by atoms with Crippen LogP contribution in [0.4, 0.5) is 0 Å². The van der Waals surface area contributed by atoms with Gasteiger partial charge in [0.2, 0.25) is 0 Å². The van der Waals surface area contributed by atoms with Crippen molar-refractivity contribution in [1.29, 1.82) is 0 Å². The molecule has 0 rings (SSSR count). The molecule has 0 aliphatic carbocycles. The molecule has 0 nitrogen and oxygen atoms in total. The fourth-order valence-electron chi connectivity index (χ4n) is 0.267. The minimum atomic E-state index is 0.917. The minimum absolute atomic E-state index is 0.917. The van der Waals surface area contributed by atoms with Crippen molar-refractivity contribution in [2.45, 2.75) is 0 Å². The number of thioether (sulfide) groups is 4. The number of thiol groups is 4. The zero-order valence-electron chi connectivity index (χ0n) is 7.66. The lowest BCUT2D eigenvalue weighted by Crippen LogP contribution is -1.67. The van der Waals surface area contributed by atoms with Gasteiger partial charge in [0.25, 0.3) is 0 Å². The largest absolute Gasteiger partial charge is 0.168 e. The molecule has 88 valence electrons. The molecule has 0 aromatic heterocycles. The molecule has 0 radical (unpaired) electrons. The van der Waals surface area contributed by atoms with Gasteiger partial charge in [0.1, 0.15) is 0 Å². The van der Waals surface area contributed by atoms with Gasteiger partial charge < -0.3 is 0 Å². The maximum atomic E-state index is 4.02. The number of hydrogen-bond donors (Lipinski definition) is 4. The minimum Gasteiger partial charge on any atom is -0.168 e. The first-order valence-corrected chi connectivity index (χ1v) is 10.7. The molecule has 0 amide bonds. The molecule has 0 N–H and O–H groups in total.